The number of para-hydroxylation sites is 2. The van der Waals surface area contributed by atoms with Crippen LogP contribution in [0.15, 0.2) is 70.9 Å². The minimum Gasteiger partial charge on any atom is -0.234 e. The van der Waals surface area contributed by atoms with Crippen LogP contribution < -0.4 is 5.01 Å². The second-order valence-electron chi connectivity index (χ2n) is 4.51. The van der Waals surface area contributed by atoms with Gasteiger partial charge in [0.25, 0.3) is 0 Å². The second kappa shape index (κ2) is 6.61. The average molecular weight is 267 g/mol. The van der Waals surface area contributed by atoms with E-state index in [9.17, 15) is 4.91 Å². The van der Waals surface area contributed by atoms with Crippen LogP contribution in [0.1, 0.15) is 13.8 Å². The molecule has 0 spiro atoms. The van der Waals surface area contributed by atoms with Crippen molar-refractivity contribution >= 4 is 17.1 Å². The third-order valence-corrected chi connectivity index (χ3v) is 3.02. The van der Waals surface area contributed by atoms with Gasteiger partial charge in [-0.05, 0) is 38.1 Å². The summed E-state index contributed by atoms with van der Waals surface area (Å²) in [6.07, 6.45) is 0. The predicted octanol–water partition coefficient (Wildman–Crippen LogP) is 4.36. The van der Waals surface area contributed by atoms with Crippen molar-refractivity contribution in [2.45, 2.75) is 19.9 Å². The molecule has 0 radical (unpaired) electrons. The summed E-state index contributed by atoms with van der Waals surface area (Å²) in [4.78, 5) is 10.7. The molecule has 0 aliphatic rings. The molecule has 0 aliphatic carbocycles. The summed E-state index contributed by atoms with van der Waals surface area (Å²) in [6.45, 7) is 3.55. The smallest absolute Gasteiger partial charge is 0.129 e. The van der Waals surface area contributed by atoms with Crippen molar-refractivity contribution in [2.24, 2.45) is 10.3 Å². The van der Waals surface area contributed by atoms with Gasteiger partial charge in [0.1, 0.15) is 6.04 Å². The summed E-state index contributed by atoms with van der Waals surface area (Å²) in [5, 5.41) is 9.38. The average Bonchev–Trinajstić information content (AvgIpc) is 2.53. The van der Waals surface area contributed by atoms with Crippen LogP contribution in [0, 0.1) is 4.91 Å². The molecule has 0 saturated carbocycles. The molecule has 0 bridgehead atoms. The van der Waals surface area contributed by atoms with Crippen molar-refractivity contribution in [1.29, 1.82) is 0 Å². The molecule has 0 heterocycles. The molecule has 0 aromatic heterocycles. The summed E-state index contributed by atoms with van der Waals surface area (Å²) >= 11 is 0. The standard InChI is InChI=1S/C16H17N3O/c1-13(14(2)18-20)17-19(15-9-5-3-6-10-15)16-11-7-4-8-12-16/h3-12,14H,1-2H3. The van der Waals surface area contributed by atoms with E-state index in [1.807, 2.05) is 72.6 Å². The Kier molecular flexibility index (Phi) is 4.60. The predicted molar refractivity (Wildman–Crippen MR) is 83.4 cm³/mol. The lowest BCUT2D eigenvalue weighted by Gasteiger charge is -2.20. The molecule has 2 rings (SSSR count). The number of anilines is 2. The van der Waals surface area contributed by atoms with Gasteiger partial charge in [-0.3, -0.25) is 0 Å². The molecule has 1 unspecified atom stereocenters. The van der Waals surface area contributed by atoms with Crippen LogP contribution in [0.25, 0.3) is 0 Å². The molecule has 0 saturated heterocycles. The van der Waals surface area contributed by atoms with Crippen molar-refractivity contribution in [2.75, 3.05) is 5.01 Å². The van der Waals surface area contributed by atoms with E-state index in [0.29, 0.717) is 5.71 Å². The Bertz CT molecular complexity index is 542. The molecule has 20 heavy (non-hydrogen) atoms. The fourth-order valence-electron chi connectivity index (χ4n) is 1.72. The maximum atomic E-state index is 10.7. The maximum Gasteiger partial charge on any atom is 0.129 e. The molecular formula is C16H17N3O. The molecule has 0 amide bonds. The number of hydrazone groups is 1. The van der Waals surface area contributed by atoms with Crippen LogP contribution >= 0.6 is 0 Å². The molecule has 1 atom stereocenters. The molecule has 4 heteroatoms. The summed E-state index contributed by atoms with van der Waals surface area (Å²) in [6, 6.07) is 19.2. The van der Waals surface area contributed by atoms with Crippen molar-refractivity contribution in [1.82, 2.24) is 0 Å². The van der Waals surface area contributed by atoms with Crippen molar-refractivity contribution in [3.63, 3.8) is 0 Å². The van der Waals surface area contributed by atoms with Gasteiger partial charge >= 0.3 is 0 Å². The minimum absolute atomic E-state index is 0.440. The monoisotopic (exact) mass is 267 g/mol. The molecule has 2 aromatic carbocycles. The van der Waals surface area contributed by atoms with E-state index in [0.717, 1.165) is 11.4 Å². The van der Waals surface area contributed by atoms with Crippen LogP contribution in [-0.4, -0.2) is 11.8 Å². The van der Waals surface area contributed by atoms with E-state index in [2.05, 4.69) is 10.3 Å². The minimum atomic E-state index is -0.440. The van der Waals surface area contributed by atoms with E-state index in [1.54, 1.807) is 6.92 Å². The van der Waals surface area contributed by atoms with Crippen LogP contribution in [-0.2, 0) is 0 Å². The fraction of sp³-hybridized carbons (Fsp3) is 0.188. The highest BCUT2D eigenvalue weighted by Gasteiger charge is 2.11. The summed E-state index contributed by atoms with van der Waals surface area (Å²) in [5.41, 5.74) is 2.56. The first kappa shape index (κ1) is 13.9. The summed E-state index contributed by atoms with van der Waals surface area (Å²) < 4.78 is 0. The fourth-order valence-corrected chi connectivity index (χ4v) is 1.72. The van der Waals surface area contributed by atoms with E-state index < -0.39 is 6.04 Å². The van der Waals surface area contributed by atoms with Crippen molar-refractivity contribution in [3.8, 4) is 0 Å². The molecular weight excluding hydrogens is 250 g/mol. The van der Waals surface area contributed by atoms with E-state index in [-0.39, 0.29) is 0 Å². The molecule has 0 aliphatic heterocycles. The van der Waals surface area contributed by atoms with Crippen molar-refractivity contribution in [3.05, 3.63) is 65.6 Å². The van der Waals surface area contributed by atoms with Gasteiger partial charge < -0.3 is 0 Å². The number of rotatable bonds is 5. The first-order valence-corrected chi connectivity index (χ1v) is 6.50. The summed E-state index contributed by atoms with van der Waals surface area (Å²) in [7, 11) is 0. The molecule has 2 aromatic rings. The Labute approximate surface area is 118 Å². The first-order valence-electron chi connectivity index (χ1n) is 6.50. The van der Waals surface area contributed by atoms with E-state index in [4.69, 9.17) is 0 Å². The first-order chi connectivity index (χ1) is 9.72. The molecule has 4 nitrogen and oxygen atoms in total. The number of hydrogen-bond acceptors (Lipinski definition) is 4. The Morgan fingerprint density at radius 1 is 0.950 bits per heavy atom. The topological polar surface area (TPSA) is 45.0 Å². The van der Waals surface area contributed by atoms with Gasteiger partial charge in [-0.25, -0.2) is 5.01 Å². The van der Waals surface area contributed by atoms with Gasteiger partial charge in [0.2, 0.25) is 0 Å². The van der Waals surface area contributed by atoms with Gasteiger partial charge in [-0.15, -0.1) is 0 Å². The van der Waals surface area contributed by atoms with Gasteiger partial charge in [0.15, 0.2) is 0 Å². The molecule has 102 valence electrons. The Balaban J connectivity index is 2.43. The van der Waals surface area contributed by atoms with Crippen LogP contribution in [0.3, 0.4) is 0 Å². The molecule has 0 N–H and O–H groups in total. The van der Waals surface area contributed by atoms with Gasteiger partial charge in [-0.2, -0.15) is 10.0 Å². The number of hydrogen-bond donors (Lipinski definition) is 0. The Morgan fingerprint density at radius 3 is 1.80 bits per heavy atom. The van der Waals surface area contributed by atoms with E-state index in [1.165, 1.54) is 0 Å². The van der Waals surface area contributed by atoms with E-state index >= 15 is 0 Å². The number of nitroso groups, excluding NO2 is 1. The van der Waals surface area contributed by atoms with Gasteiger partial charge in [-0.1, -0.05) is 41.6 Å². The largest absolute Gasteiger partial charge is 0.234 e. The van der Waals surface area contributed by atoms with Crippen LogP contribution in [0.4, 0.5) is 11.4 Å². The lowest BCUT2D eigenvalue weighted by Crippen LogP contribution is -2.17. The zero-order valence-electron chi connectivity index (χ0n) is 11.6. The Morgan fingerprint density at radius 2 is 1.40 bits per heavy atom. The Hall–Kier alpha value is -2.49. The highest BCUT2D eigenvalue weighted by Crippen LogP contribution is 2.25. The lowest BCUT2D eigenvalue weighted by atomic mass is 10.2. The quantitative estimate of drug-likeness (QED) is 0.459. The van der Waals surface area contributed by atoms with Crippen LogP contribution in [0.2, 0.25) is 0 Å². The van der Waals surface area contributed by atoms with Crippen LogP contribution in [0.5, 0.6) is 0 Å². The zero-order valence-corrected chi connectivity index (χ0v) is 11.6. The summed E-state index contributed by atoms with van der Waals surface area (Å²) in [5.74, 6) is 0. The second-order valence-corrected chi connectivity index (χ2v) is 4.51. The third-order valence-electron chi connectivity index (χ3n) is 3.02. The van der Waals surface area contributed by atoms with Gasteiger partial charge in [0, 0.05) is 0 Å². The number of benzene rings is 2. The highest BCUT2D eigenvalue weighted by molar-refractivity contribution is 5.88. The zero-order chi connectivity index (χ0) is 14.4. The normalized spacial score (nSPS) is 12.8. The maximum absolute atomic E-state index is 10.7. The highest BCUT2D eigenvalue weighted by atomic mass is 16.3. The number of nitrogens with zero attached hydrogens (tertiary/aromatic N) is 3. The SMILES string of the molecule is CC(=NN(c1ccccc1)c1ccccc1)C(C)N=O. The third kappa shape index (κ3) is 3.29. The molecule has 0 fully saturated rings. The lowest BCUT2D eigenvalue weighted by molar-refractivity contribution is 0.932. The van der Waals surface area contributed by atoms with Gasteiger partial charge in [0.05, 0.1) is 17.1 Å². The van der Waals surface area contributed by atoms with Crippen molar-refractivity contribution < 1.29 is 0 Å².